The number of benzene rings is 1. The van der Waals surface area contributed by atoms with Crippen LogP contribution >= 0.6 is 11.8 Å². The van der Waals surface area contributed by atoms with Crippen molar-refractivity contribution in [1.82, 2.24) is 0 Å². The number of nitrogens with zero attached hydrogens (tertiary/aromatic N) is 1. The molecule has 1 atom stereocenters. The van der Waals surface area contributed by atoms with Crippen molar-refractivity contribution in [3.05, 3.63) is 30.3 Å². The van der Waals surface area contributed by atoms with Crippen LogP contribution in [0.1, 0.15) is 6.92 Å². The quantitative estimate of drug-likeness (QED) is 0.684. The summed E-state index contributed by atoms with van der Waals surface area (Å²) in [5, 5.41) is 1.32. The van der Waals surface area contributed by atoms with Gasteiger partial charge in [-0.1, -0.05) is 30.0 Å². The van der Waals surface area contributed by atoms with Crippen molar-refractivity contribution in [3.8, 4) is 0 Å². The minimum Gasteiger partial charge on any atom is -0.472 e. The number of para-hydroxylation sites is 1. The highest BCUT2D eigenvalue weighted by atomic mass is 32.2. The molecule has 0 amide bonds. The van der Waals surface area contributed by atoms with Gasteiger partial charge >= 0.3 is 0 Å². The smallest absolute Gasteiger partial charge is 0.251 e. The van der Waals surface area contributed by atoms with Crippen LogP contribution in [0.3, 0.4) is 0 Å². The molecule has 1 saturated heterocycles. The molecule has 13 heavy (non-hydrogen) atoms. The molecule has 1 unspecified atom stereocenters. The van der Waals surface area contributed by atoms with Crippen LogP contribution in [0.15, 0.2) is 35.3 Å². The molecule has 1 heterocycles. The van der Waals surface area contributed by atoms with E-state index in [-0.39, 0.29) is 0 Å². The molecule has 1 aromatic rings. The second kappa shape index (κ2) is 3.83. The molecule has 0 bridgehead atoms. The first kappa shape index (κ1) is 8.63. The van der Waals surface area contributed by atoms with Crippen molar-refractivity contribution in [2.24, 2.45) is 4.99 Å². The Morgan fingerprint density at radius 2 is 2.15 bits per heavy atom. The number of ether oxygens (including phenoxy) is 1. The van der Waals surface area contributed by atoms with E-state index >= 15 is 0 Å². The molecule has 1 aromatic carbocycles. The molecule has 68 valence electrons. The highest BCUT2D eigenvalue weighted by molar-refractivity contribution is 8.14. The van der Waals surface area contributed by atoms with E-state index in [1.54, 1.807) is 11.8 Å². The van der Waals surface area contributed by atoms with Gasteiger partial charge in [0.25, 0.3) is 5.23 Å². The minimum absolute atomic E-state index is 0.530. The highest BCUT2D eigenvalue weighted by Crippen LogP contribution is 2.24. The summed E-state index contributed by atoms with van der Waals surface area (Å²) < 4.78 is 5.38. The zero-order valence-corrected chi connectivity index (χ0v) is 8.25. The van der Waals surface area contributed by atoms with Gasteiger partial charge in [0.05, 0.1) is 5.69 Å². The molecule has 2 nitrogen and oxygen atoms in total. The second-order valence-corrected chi connectivity index (χ2v) is 4.34. The van der Waals surface area contributed by atoms with Crippen LogP contribution in [-0.2, 0) is 4.74 Å². The molecule has 0 N–H and O–H groups in total. The van der Waals surface area contributed by atoms with Crippen LogP contribution in [-0.4, -0.2) is 17.1 Å². The number of aliphatic imine (C=N–C) groups is 1. The third kappa shape index (κ3) is 2.25. The predicted octanol–water partition coefficient (Wildman–Crippen LogP) is 2.83. The van der Waals surface area contributed by atoms with Crippen LogP contribution < -0.4 is 0 Å². The molecule has 1 fully saturated rings. The summed E-state index contributed by atoms with van der Waals surface area (Å²) in [6.07, 6.45) is 0. The lowest BCUT2D eigenvalue weighted by Crippen LogP contribution is -1.93. The van der Waals surface area contributed by atoms with Crippen LogP contribution in [0, 0.1) is 0 Å². The van der Waals surface area contributed by atoms with Gasteiger partial charge in [-0.3, -0.25) is 0 Å². The maximum atomic E-state index is 5.38. The van der Waals surface area contributed by atoms with E-state index in [9.17, 15) is 0 Å². The fourth-order valence-electron chi connectivity index (χ4n) is 1.10. The molecule has 0 spiro atoms. The van der Waals surface area contributed by atoms with Crippen LogP contribution in [0.2, 0.25) is 0 Å². The minimum atomic E-state index is 0.530. The van der Waals surface area contributed by atoms with Gasteiger partial charge in [0.2, 0.25) is 0 Å². The van der Waals surface area contributed by atoms with Gasteiger partial charge in [-0.15, -0.1) is 0 Å². The molecule has 0 radical (unpaired) electrons. The maximum absolute atomic E-state index is 5.38. The Labute approximate surface area is 82.0 Å². The third-order valence-electron chi connectivity index (χ3n) is 1.72. The Bertz CT molecular complexity index is 310. The van der Waals surface area contributed by atoms with Crippen LogP contribution in [0.4, 0.5) is 5.69 Å². The first-order valence-corrected chi connectivity index (χ1v) is 5.16. The topological polar surface area (TPSA) is 21.6 Å². The third-order valence-corrected chi connectivity index (χ3v) is 2.67. The Morgan fingerprint density at radius 3 is 2.77 bits per heavy atom. The lowest BCUT2D eigenvalue weighted by molar-refractivity contribution is 0.333. The Hall–Kier alpha value is -0.960. The van der Waals surface area contributed by atoms with Crippen molar-refractivity contribution in [2.75, 3.05) is 6.61 Å². The van der Waals surface area contributed by atoms with Gasteiger partial charge in [0, 0.05) is 5.25 Å². The Morgan fingerprint density at radius 1 is 1.38 bits per heavy atom. The molecule has 1 aliphatic heterocycles. The monoisotopic (exact) mass is 193 g/mol. The summed E-state index contributed by atoms with van der Waals surface area (Å²) in [5.41, 5.74) is 0.958. The number of rotatable bonds is 1. The van der Waals surface area contributed by atoms with E-state index < -0.39 is 0 Å². The number of thioether (sulfide) groups is 1. The lowest BCUT2D eigenvalue weighted by Gasteiger charge is -1.95. The van der Waals surface area contributed by atoms with E-state index in [0.29, 0.717) is 5.25 Å². The fourth-order valence-corrected chi connectivity index (χ4v) is 1.87. The van der Waals surface area contributed by atoms with Crippen molar-refractivity contribution in [3.63, 3.8) is 0 Å². The molecule has 0 saturated carbocycles. The average Bonchev–Trinajstić information content (AvgIpc) is 2.53. The van der Waals surface area contributed by atoms with Crippen molar-refractivity contribution in [2.45, 2.75) is 12.2 Å². The predicted molar refractivity (Wildman–Crippen MR) is 56.5 cm³/mol. The van der Waals surface area contributed by atoms with Gasteiger partial charge in [0.1, 0.15) is 6.61 Å². The average molecular weight is 193 g/mol. The molecule has 3 heteroatoms. The molecule has 2 rings (SSSR count). The summed E-state index contributed by atoms with van der Waals surface area (Å²) in [5.74, 6) is 0. The van der Waals surface area contributed by atoms with E-state index in [2.05, 4.69) is 11.9 Å². The molecular weight excluding hydrogens is 182 g/mol. The van der Waals surface area contributed by atoms with Crippen LogP contribution in [0.25, 0.3) is 0 Å². The molecule has 0 aliphatic carbocycles. The van der Waals surface area contributed by atoms with Gasteiger partial charge in [-0.2, -0.15) is 0 Å². The number of hydrogen-bond acceptors (Lipinski definition) is 3. The molecule has 0 aromatic heterocycles. The normalized spacial score (nSPS) is 24.7. The molecular formula is C10H11NOS. The van der Waals surface area contributed by atoms with Gasteiger partial charge < -0.3 is 4.74 Å². The summed E-state index contributed by atoms with van der Waals surface area (Å²) in [4.78, 5) is 4.37. The second-order valence-electron chi connectivity index (χ2n) is 2.95. The number of hydrogen-bond donors (Lipinski definition) is 0. The van der Waals surface area contributed by atoms with E-state index in [1.807, 2.05) is 30.3 Å². The van der Waals surface area contributed by atoms with Crippen LogP contribution in [0.5, 0.6) is 0 Å². The van der Waals surface area contributed by atoms with Crippen molar-refractivity contribution < 1.29 is 4.74 Å². The summed E-state index contributed by atoms with van der Waals surface area (Å²) >= 11 is 1.69. The van der Waals surface area contributed by atoms with Crippen molar-refractivity contribution >= 4 is 22.7 Å². The zero-order chi connectivity index (χ0) is 9.10. The largest absolute Gasteiger partial charge is 0.472 e. The summed E-state index contributed by atoms with van der Waals surface area (Å²) in [7, 11) is 0. The SMILES string of the molecule is CC1COC(=Nc2ccccc2)S1. The standard InChI is InChI=1S/C10H11NOS/c1-8-7-12-10(13-8)11-9-5-3-2-4-6-9/h2-6,8H,7H2,1H3. The summed E-state index contributed by atoms with van der Waals surface area (Å²) in [6.45, 7) is 2.91. The van der Waals surface area contributed by atoms with Crippen molar-refractivity contribution in [1.29, 1.82) is 0 Å². The van der Waals surface area contributed by atoms with Gasteiger partial charge in [0.15, 0.2) is 0 Å². The Kier molecular flexibility index (Phi) is 2.54. The fraction of sp³-hybridized carbons (Fsp3) is 0.300. The summed E-state index contributed by atoms with van der Waals surface area (Å²) in [6, 6.07) is 9.87. The first-order valence-electron chi connectivity index (χ1n) is 4.28. The Balaban J connectivity index is 2.13. The van der Waals surface area contributed by atoms with E-state index in [0.717, 1.165) is 17.5 Å². The van der Waals surface area contributed by atoms with E-state index in [1.165, 1.54) is 0 Å². The highest BCUT2D eigenvalue weighted by Gasteiger charge is 2.18. The molecule has 1 aliphatic rings. The zero-order valence-electron chi connectivity index (χ0n) is 7.43. The first-order chi connectivity index (χ1) is 6.34. The van der Waals surface area contributed by atoms with E-state index in [4.69, 9.17) is 4.74 Å². The van der Waals surface area contributed by atoms with Gasteiger partial charge in [-0.25, -0.2) is 4.99 Å². The lowest BCUT2D eigenvalue weighted by atomic mass is 10.3. The maximum Gasteiger partial charge on any atom is 0.251 e. The van der Waals surface area contributed by atoms with Gasteiger partial charge in [-0.05, 0) is 19.1 Å².